The summed E-state index contributed by atoms with van der Waals surface area (Å²) >= 11 is 0. The fraction of sp³-hybridized carbons (Fsp3) is 0.300. The number of nitrogens with one attached hydrogen (secondary N) is 1. The molecule has 3 nitrogen and oxygen atoms in total. The Labute approximate surface area is 82.1 Å². The van der Waals surface area contributed by atoms with Crippen molar-refractivity contribution in [2.75, 3.05) is 5.32 Å². The SMILES string of the molecule is Cc1ccc(NC(=O)C(C)N)c(F)c1. The van der Waals surface area contributed by atoms with E-state index in [1.807, 2.05) is 0 Å². The molecule has 0 saturated heterocycles. The average molecular weight is 196 g/mol. The summed E-state index contributed by atoms with van der Waals surface area (Å²) in [6, 6.07) is 3.96. The van der Waals surface area contributed by atoms with Crippen molar-refractivity contribution < 1.29 is 9.18 Å². The lowest BCUT2D eigenvalue weighted by Crippen LogP contribution is -2.32. The number of amides is 1. The standard InChI is InChI=1S/C10H13FN2O/c1-6-3-4-9(8(11)5-6)13-10(14)7(2)12/h3-5,7H,12H2,1-2H3,(H,13,14). The molecule has 1 unspecified atom stereocenters. The molecule has 0 saturated carbocycles. The van der Waals surface area contributed by atoms with Crippen LogP contribution in [0.15, 0.2) is 18.2 Å². The third kappa shape index (κ3) is 2.53. The van der Waals surface area contributed by atoms with Gasteiger partial charge in [0.15, 0.2) is 0 Å². The van der Waals surface area contributed by atoms with Crippen LogP contribution in [0.4, 0.5) is 10.1 Å². The average Bonchev–Trinajstić information content (AvgIpc) is 2.09. The monoisotopic (exact) mass is 196 g/mol. The topological polar surface area (TPSA) is 55.1 Å². The summed E-state index contributed by atoms with van der Waals surface area (Å²) in [5, 5.41) is 2.40. The maximum atomic E-state index is 13.2. The van der Waals surface area contributed by atoms with Crippen molar-refractivity contribution in [2.45, 2.75) is 19.9 Å². The molecule has 0 aliphatic carbocycles. The second-order valence-corrected chi connectivity index (χ2v) is 3.26. The first-order valence-corrected chi connectivity index (χ1v) is 4.33. The molecule has 0 bridgehead atoms. The van der Waals surface area contributed by atoms with E-state index in [0.717, 1.165) is 5.56 Å². The number of nitrogens with two attached hydrogens (primary N) is 1. The highest BCUT2D eigenvalue weighted by Crippen LogP contribution is 2.15. The summed E-state index contributed by atoms with van der Waals surface area (Å²) in [5.74, 6) is -0.841. The van der Waals surface area contributed by atoms with Gasteiger partial charge in [-0.1, -0.05) is 6.07 Å². The zero-order valence-corrected chi connectivity index (χ0v) is 8.17. The highest BCUT2D eigenvalue weighted by molar-refractivity contribution is 5.94. The smallest absolute Gasteiger partial charge is 0.241 e. The van der Waals surface area contributed by atoms with Crippen LogP contribution in [0.1, 0.15) is 12.5 Å². The quantitative estimate of drug-likeness (QED) is 0.751. The van der Waals surface area contributed by atoms with Crippen LogP contribution in [0.5, 0.6) is 0 Å². The lowest BCUT2D eigenvalue weighted by molar-refractivity contribution is -0.117. The fourth-order valence-electron chi connectivity index (χ4n) is 0.968. The van der Waals surface area contributed by atoms with E-state index in [1.165, 1.54) is 12.1 Å². The molecular weight excluding hydrogens is 183 g/mol. The predicted octanol–water partition coefficient (Wildman–Crippen LogP) is 1.42. The number of carbonyl (C=O) groups excluding carboxylic acids is 1. The van der Waals surface area contributed by atoms with Gasteiger partial charge >= 0.3 is 0 Å². The number of aryl methyl sites for hydroxylation is 1. The summed E-state index contributed by atoms with van der Waals surface area (Å²) in [6.45, 7) is 3.32. The third-order valence-corrected chi connectivity index (χ3v) is 1.80. The van der Waals surface area contributed by atoms with Gasteiger partial charge in [0, 0.05) is 0 Å². The molecule has 1 rings (SSSR count). The largest absolute Gasteiger partial charge is 0.322 e. The van der Waals surface area contributed by atoms with Gasteiger partial charge < -0.3 is 11.1 Å². The molecule has 3 N–H and O–H groups in total. The summed E-state index contributed by atoms with van der Waals surface area (Å²) in [7, 11) is 0. The van der Waals surface area contributed by atoms with Crippen molar-refractivity contribution in [3.8, 4) is 0 Å². The Bertz CT molecular complexity index is 350. The van der Waals surface area contributed by atoms with Gasteiger partial charge in [0.2, 0.25) is 5.91 Å². The number of benzene rings is 1. The second kappa shape index (κ2) is 4.19. The lowest BCUT2D eigenvalue weighted by Gasteiger charge is -2.08. The van der Waals surface area contributed by atoms with Crippen LogP contribution in [0.25, 0.3) is 0 Å². The maximum Gasteiger partial charge on any atom is 0.241 e. The van der Waals surface area contributed by atoms with Gasteiger partial charge in [0.05, 0.1) is 11.7 Å². The van der Waals surface area contributed by atoms with Gasteiger partial charge in [0.1, 0.15) is 5.82 Å². The van der Waals surface area contributed by atoms with Crippen molar-refractivity contribution >= 4 is 11.6 Å². The zero-order valence-electron chi connectivity index (χ0n) is 8.17. The van der Waals surface area contributed by atoms with Crippen LogP contribution in [-0.4, -0.2) is 11.9 Å². The Balaban J connectivity index is 2.82. The molecule has 0 heterocycles. The molecule has 1 aromatic carbocycles. The minimum atomic E-state index is -0.643. The normalized spacial score (nSPS) is 12.3. The van der Waals surface area contributed by atoms with Crippen molar-refractivity contribution in [3.05, 3.63) is 29.6 Å². The van der Waals surface area contributed by atoms with Crippen LogP contribution < -0.4 is 11.1 Å². The number of hydrogen-bond acceptors (Lipinski definition) is 2. The molecule has 0 radical (unpaired) electrons. The van der Waals surface area contributed by atoms with Crippen LogP contribution in [0.2, 0.25) is 0 Å². The number of carbonyl (C=O) groups is 1. The third-order valence-electron chi connectivity index (χ3n) is 1.80. The summed E-state index contributed by atoms with van der Waals surface area (Å²) < 4.78 is 13.2. The number of rotatable bonds is 2. The highest BCUT2D eigenvalue weighted by Gasteiger charge is 2.10. The molecule has 1 amide bonds. The molecule has 76 valence electrons. The Morgan fingerprint density at radius 1 is 1.57 bits per heavy atom. The van der Waals surface area contributed by atoms with E-state index in [-0.39, 0.29) is 5.69 Å². The van der Waals surface area contributed by atoms with E-state index in [2.05, 4.69) is 5.32 Å². The Hall–Kier alpha value is -1.42. The Morgan fingerprint density at radius 3 is 2.71 bits per heavy atom. The first kappa shape index (κ1) is 10.7. The Kier molecular flexibility index (Phi) is 3.19. The second-order valence-electron chi connectivity index (χ2n) is 3.26. The first-order valence-electron chi connectivity index (χ1n) is 4.33. The minimum Gasteiger partial charge on any atom is -0.322 e. The van der Waals surface area contributed by atoms with Crippen LogP contribution in [0.3, 0.4) is 0 Å². The van der Waals surface area contributed by atoms with E-state index < -0.39 is 17.8 Å². The van der Waals surface area contributed by atoms with Gasteiger partial charge in [0.25, 0.3) is 0 Å². The van der Waals surface area contributed by atoms with E-state index >= 15 is 0 Å². The summed E-state index contributed by atoms with van der Waals surface area (Å²) in [5.41, 5.74) is 6.30. The number of hydrogen-bond donors (Lipinski definition) is 2. The highest BCUT2D eigenvalue weighted by atomic mass is 19.1. The van der Waals surface area contributed by atoms with Crippen molar-refractivity contribution in [1.29, 1.82) is 0 Å². The molecule has 1 atom stereocenters. The van der Waals surface area contributed by atoms with Crippen molar-refractivity contribution in [2.24, 2.45) is 5.73 Å². The van der Waals surface area contributed by atoms with Crippen LogP contribution in [0, 0.1) is 12.7 Å². The van der Waals surface area contributed by atoms with Gasteiger partial charge in [-0.2, -0.15) is 0 Å². The van der Waals surface area contributed by atoms with E-state index in [9.17, 15) is 9.18 Å². The van der Waals surface area contributed by atoms with Crippen LogP contribution in [-0.2, 0) is 4.79 Å². The molecule has 1 aromatic rings. The molecule has 4 heteroatoms. The van der Waals surface area contributed by atoms with E-state index in [1.54, 1.807) is 19.9 Å². The van der Waals surface area contributed by atoms with Gasteiger partial charge in [-0.15, -0.1) is 0 Å². The predicted molar refractivity (Wildman–Crippen MR) is 53.4 cm³/mol. The van der Waals surface area contributed by atoms with Gasteiger partial charge in [-0.3, -0.25) is 4.79 Å². The molecule has 0 aliphatic rings. The molecule has 14 heavy (non-hydrogen) atoms. The van der Waals surface area contributed by atoms with E-state index in [0.29, 0.717) is 0 Å². The number of halogens is 1. The molecule has 0 fully saturated rings. The fourth-order valence-corrected chi connectivity index (χ4v) is 0.968. The maximum absolute atomic E-state index is 13.2. The summed E-state index contributed by atoms with van der Waals surface area (Å²) in [4.78, 5) is 11.1. The molecule has 0 aromatic heterocycles. The molecular formula is C10H13FN2O. The molecule has 0 spiro atoms. The zero-order chi connectivity index (χ0) is 10.7. The summed E-state index contributed by atoms with van der Waals surface area (Å²) in [6.07, 6.45) is 0. The minimum absolute atomic E-state index is 0.165. The number of anilines is 1. The van der Waals surface area contributed by atoms with Crippen molar-refractivity contribution in [1.82, 2.24) is 0 Å². The first-order chi connectivity index (χ1) is 6.50. The van der Waals surface area contributed by atoms with Crippen LogP contribution >= 0.6 is 0 Å². The van der Waals surface area contributed by atoms with Crippen molar-refractivity contribution in [3.63, 3.8) is 0 Å². The lowest BCUT2D eigenvalue weighted by atomic mass is 10.2. The molecule has 0 aliphatic heterocycles. The Morgan fingerprint density at radius 2 is 2.21 bits per heavy atom. The van der Waals surface area contributed by atoms with Gasteiger partial charge in [-0.05, 0) is 31.5 Å². The van der Waals surface area contributed by atoms with E-state index in [4.69, 9.17) is 5.73 Å². The van der Waals surface area contributed by atoms with Gasteiger partial charge in [-0.25, -0.2) is 4.39 Å².